The Morgan fingerprint density at radius 2 is 2.40 bits per heavy atom. The number of nitrogens with one attached hydrogen (secondary N) is 1. The first-order chi connectivity index (χ1) is 7.11. The zero-order chi connectivity index (χ0) is 11.3. The number of anilines is 1. The van der Waals surface area contributed by atoms with E-state index >= 15 is 0 Å². The Kier molecular flexibility index (Phi) is 4.05. The normalized spacial score (nSPS) is 10.3. The highest BCUT2D eigenvalue weighted by atomic mass is 16.1. The molecule has 82 valence electrons. The Bertz CT molecular complexity index is 340. The van der Waals surface area contributed by atoms with Gasteiger partial charge in [-0.2, -0.15) is 0 Å². The Balaban J connectivity index is 2.59. The van der Waals surface area contributed by atoms with Gasteiger partial charge in [0.1, 0.15) is 0 Å². The first kappa shape index (κ1) is 11.5. The predicted octanol–water partition coefficient (Wildman–Crippen LogP) is 0.0404. The molecule has 0 aromatic carbocycles. The highest BCUT2D eigenvalue weighted by Crippen LogP contribution is 2.08. The molecule has 0 unspecified atom stereocenters. The Morgan fingerprint density at radius 1 is 1.67 bits per heavy atom. The van der Waals surface area contributed by atoms with Crippen LogP contribution < -0.4 is 11.1 Å². The third kappa shape index (κ3) is 3.95. The van der Waals surface area contributed by atoms with Crippen LogP contribution in [0.15, 0.2) is 18.3 Å². The molecule has 0 saturated heterocycles. The molecule has 0 spiro atoms. The number of carbonyl (C=O) groups excluding carboxylic acids is 1. The number of amides is 1. The average molecular weight is 208 g/mol. The van der Waals surface area contributed by atoms with Crippen molar-refractivity contribution in [3.8, 4) is 0 Å². The minimum Gasteiger partial charge on any atom is -0.388 e. The molecule has 1 aromatic rings. The van der Waals surface area contributed by atoms with E-state index in [1.165, 1.54) is 0 Å². The largest absolute Gasteiger partial charge is 0.388 e. The zero-order valence-corrected chi connectivity index (χ0v) is 9.03. The molecular weight excluding hydrogens is 192 g/mol. The molecule has 5 nitrogen and oxygen atoms in total. The quantitative estimate of drug-likeness (QED) is 0.716. The van der Waals surface area contributed by atoms with Gasteiger partial charge < -0.3 is 11.1 Å². The maximum atomic E-state index is 10.7. The van der Waals surface area contributed by atoms with Crippen LogP contribution >= 0.6 is 0 Å². The second-order valence-corrected chi connectivity index (χ2v) is 3.42. The van der Waals surface area contributed by atoms with E-state index < -0.39 is 0 Å². The van der Waals surface area contributed by atoms with Crippen molar-refractivity contribution in [2.24, 2.45) is 5.73 Å². The molecule has 15 heavy (non-hydrogen) atoms. The summed E-state index contributed by atoms with van der Waals surface area (Å²) in [5, 5.41) is 3.03. The van der Waals surface area contributed by atoms with Gasteiger partial charge >= 0.3 is 0 Å². The van der Waals surface area contributed by atoms with Crippen molar-refractivity contribution in [3.63, 3.8) is 0 Å². The summed E-state index contributed by atoms with van der Waals surface area (Å²) in [5.74, 6) is -0.331. The number of aromatic nitrogens is 1. The molecule has 1 amide bonds. The Labute approximate surface area is 89.3 Å². The van der Waals surface area contributed by atoms with Crippen molar-refractivity contribution in [2.45, 2.75) is 6.54 Å². The summed E-state index contributed by atoms with van der Waals surface area (Å²) in [6.07, 6.45) is 1.74. The summed E-state index contributed by atoms with van der Waals surface area (Å²) in [7, 11) is 3.69. The maximum absolute atomic E-state index is 10.7. The van der Waals surface area contributed by atoms with E-state index in [1.807, 2.05) is 31.1 Å². The highest BCUT2D eigenvalue weighted by Gasteiger charge is 2.04. The van der Waals surface area contributed by atoms with Crippen LogP contribution in [0.3, 0.4) is 0 Å². The lowest BCUT2D eigenvalue weighted by Gasteiger charge is -2.14. The van der Waals surface area contributed by atoms with Crippen LogP contribution in [0.25, 0.3) is 0 Å². The van der Waals surface area contributed by atoms with Crippen molar-refractivity contribution in [3.05, 3.63) is 24.0 Å². The summed E-state index contributed by atoms with van der Waals surface area (Å²) < 4.78 is 0. The molecule has 0 atom stereocenters. The molecule has 1 heterocycles. The van der Waals surface area contributed by atoms with Crippen molar-refractivity contribution in [2.75, 3.05) is 26.0 Å². The van der Waals surface area contributed by atoms with E-state index in [1.54, 1.807) is 6.20 Å². The van der Waals surface area contributed by atoms with Crippen LogP contribution in [0.5, 0.6) is 0 Å². The molecule has 1 rings (SSSR count). The van der Waals surface area contributed by atoms with Gasteiger partial charge in [0.05, 0.1) is 12.2 Å². The first-order valence-electron chi connectivity index (χ1n) is 4.71. The summed E-state index contributed by atoms with van der Waals surface area (Å²) in [5.41, 5.74) is 7.00. The minimum atomic E-state index is -0.331. The number of hydrogen-bond acceptors (Lipinski definition) is 4. The van der Waals surface area contributed by atoms with Gasteiger partial charge in [-0.05, 0) is 19.2 Å². The number of pyridine rings is 1. The zero-order valence-electron chi connectivity index (χ0n) is 9.03. The number of hydrogen-bond donors (Lipinski definition) is 2. The lowest BCUT2D eigenvalue weighted by Crippen LogP contribution is -2.30. The molecular formula is C10H16N4O. The van der Waals surface area contributed by atoms with Gasteiger partial charge in [0, 0.05) is 25.5 Å². The van der Waals surface area contributed by atoms with E-state index in [0.717, 1.165) is 11.4 Å². The fourth-order valence-corrected chi connectivity index (χ4v) is 1.32. The lowest BCUT2D eigenvalue weighted by atomic mass is 10.3. The number of carbonyl (C=O) groups is 1. The molecule has 0 aliphatic carbocycles. The predicted molar refractivity (Wildman–Crippen MR) is 59.3 cm³/mol. The van der Waals surface area contributed by atoms with Crippen LogP contribution in [-0.2, 0) is 11.3 Å². The van der Waals surface area contributed by atoms with E-state index in [9.17, 15) is 4.79 Å². The van der Waals surface area contributed by atoms with E-state index in [2.05, 4.69) is 10.3 Å². The summed E-state index contributed by atoms with van der Waals surface area (Å²) in [4.78, 5) is 16.7. The standard InChI is InChI=1S/C10H16N4O/c1-12-8-3-4-13-9(5-8)6-14(2)7-10(11)15/h3-5H,6-7H2,1-2H3,(H2,11,15)(H,12,13). The maximum Gasteiger partial charge on any atom is 0.231 e. The third-order valence-electron chi connectivity index (χ3n) is 1.96. The summed E-state index contributed by atoms with van der Waals surface area (Å²) >= 11 is 0. The van der Waals surface area contributed by atoms with Crippen LogP contribution in [-0.4, -0.2) is 36.4 Å². The van der Waals surface area contributed by atoms with Gasteiger partial charge in [-0.15, -0.1) is 0 Å². The van der Waals surface area contributed by atoms with Crippen LogP contribution in [0.4, 0.5) is 5.69 Å². The summed E-state index contributed by atoms with van der Waals surface area (Å²) in [6.45, 7) is 0.851. The Morgan fingerprint density at radius 3 is 3.00 bits per heavy atom. The van der Waals surface area contributed by atoms with Gasteiger partial charge in [-0.25, -0.2) is 0 Å². The van der Waals surface area contributed by atoms with Gasteiger partial charge in [0.15, 0.2) is 0 Å². The molecule has 0 bridgehead atoms. The van der Waals surface area contributed by atoms with Gasteiger partial charge in [-0.3, -0.25) is 14.7 Å². The number of nitrogens with zero attached hydrogens (tertiary/aromatic N) is 2. The van der Waals surface area contributed by atoms with Gasteiger partial charge in [0.25, 0.3) is 0 Å². The van der Waals surface area contributed by atoms with Gasteiger partial charge in [0.2, 0.25) is 5.91 Å². The molecule has 1 aromatic heterocycles. The minimum absolute atomic E-state index is 0.242. The van der Waals surface area contributed by atoms with Crippen LogP contribution in [0.2, 0.25) is 0 Å². The average Bonchev–Trinajstić information content (AvgIpc) is 2.16. The fraction of sp³-hybridized carbons (Fsp3) is 0.400. The Hall–Kier alpha value is -1.62. The lowest BCUT2D eigenvalue weighted by molar-refractivity contribution is -0.118. The monoisotopic (exact) mass is 208 g/mol. The topological polar surface area (TPSA) is 71.2 Å². The molecule has 0 aliphatic heterocycles. The molecule has 0 aliphatic rings. The number of nitrogens with two attached hydrogens (primary N) is 1. The van der Waals surface area contributed by atoms with Crippen LogP contribution in [0, 0.1) is 0 Å². The van der Waals surface area contributed by atoms with Crippen molar-refractivity contribution >= 4 is 11.6 Å². The number of rotatable bonds is 5. The molecule has 0 radical (unpaired) electrons. The second-order valence-electron chi connectivity index (χ2n) is 3.42. The van der Waals surface area contributed by atoms with Gasteiger partial charge in [-0.1, -0.05) is 0 Å². The number of likely N-dealkylation sites (N-methyl/N-ethyl adjacent to an activating group) is 1. The van der Waals surface area contributed by atoms with Crippen LogP contribution in [0.1, 0.15) is 5.69 Å². The fourth-order valence-electron chi connectivity index (χ4n) is 1.32. The van der Waals surface area contributed by atoms with E-state index in [0.29, 0.717) is 6.54 Å². The number of primary amides is 1. The molecule has 5 heteroatoms. The van der Waals surface area contributed by atoms with E-state index in [-0.39, 0.29) is 12.5 Å². The van der Waals surface area contributed by atoms with Crippen molar-refractivity contribution in [1.29, 1.82) is 0 Å². The third-order valence-corrected chi connectivity index (χ3v) is 1.96. The molecule has 3 N–H and O–H groups in total. The highest BCUT2D eigenvalue weighted by molar-refractivity contribution is 5.75. The molecule has 0 saturated carbocycles. The van der Waals surface area contributed by atoms with Crippen molar-refractivity contribution < 1.29 is 4.79 Å². The van der Waals surface area contributed by atoms with E-state index in [4.69, 9.17) is 5.73 Å². The SMILES string of the molecule is CNc1ccnc(CN(C)CC(N)=O)c1. The first-order valence-corrected chi connectivity index (χ1v) is 4.71. The van der Waals surface area contributed by atoms with Crippen molar-refractivity contribution in [1.82, 2.24) is 9.88 Å². The summed E-state index contributed by atoms with van der Waals surface area (Å²) in [6, 6.07) is 3.83. The second kappa shape index (κ2) is 5.31. The smallest absolute Gasteiger partial charge is 0.231 e. The molecule has 0 fully saturated rings.